The van der Waals surface area contributed by atoms with Crippen molar-refractivity contribution < 1.29 is 9.21 Å². The molecule has 0 saturated carbocycles. The Hall–Kier alpha value is -1.46. The molecule has 0 radical (unpaired) electrons. The smallest absolute Gasteiger partial charge is 0.317 e. The molecule has 2 heterocycles. The number of hydrogen-bond donors (Lipinski definition) is 1. The first-order chi connectivity index (χ1) is 9.60. The number of carbonyl (C=O) groups is 1. The molecule has 0 unspecified atom stereocenters. The van der Waals surface area contributed by atoms with Crippen LogP contribution in [0.2, 0.25) is 4.34 Å². The first kappa shape index (κ1) is 14.9. The van der Waals surface area contributed by atoms with Crippen LogP contribution >= 0.6 is 22.9 Å². The topological polar surface area (TPSA) is 45.5 Å². The molecular formula is C14H17ClN2O2S. The molecule has 2 rings (SSSR count). The SMILES string of the molecule is CCN(Cc1ccc(Cl)s1)C(=O)NCc1ccoc1C. The molecule has 0 spiro atoms. The average molecular weight is 313 g/mol. The van der Waals surface area contributed by atoms with E-state index in [4.69, 9.17) is 16.0 Å². The zero-order valence-electron chi connectivity index (χ0n) is 11.5. The number of hydrogen-bond acceptors (Lipinski definition) is 3. The van der Waals surface area contributed by atoms with Gasteiger partial charge in [0.1, 0.15) is 5.76 Å². The Labute approximate surface area is 127 Å². The van der Waals surface area contributed by atoms with Crippen molar-refractivity contribution in [3.8, 4) is 0 Å². The highest BCUT2D eigenvalue weighted by Crippen LogP contribution is 2.22. The second-order valence-electron chi connectivity index (χ2n) is 4.38. The lowest BCUT2D eigenvalue weighted by Gasteiger charge is -2.20. The summed E-state index contributed by atoms with van der Waals surface area (Å²) in [6.07, 6.45) is 1.63. The number of nitrogens with one attached hydrogen (secondary N) is 1. The van der Waals surface area contributed by atoms with E-state index in [-0.39, 0.29) is 6.03 Å². The van der Waals surface area contributed by atoms with Crippen LogP contribution in [0.1, 0.15) is 23.1 Å². The van der Waals surface area contributed by atoms with E-state index in [2.05, 4.69) is 5.32 Å². The summed E-state index contributed by atoms with van der Waals surface area (Å²) in [7, 11) is 0. The number of thiophene rings is 1. The number of urea groups is 1. The third-order valence-corrected chi connectivity index (χ3v) is 4.26. The van der Waals surface area contributed by atoms with Gasteiger partial charge in [-0.25, -0.2) is 4.79 Å². The molecule has 4 nitrogen and oxygen atoms in total. The van der Waals surface area contributed by atoms with Crippen LogP contribution in [0, 0.1) is 6.92 Å². The van der Waals surface area contributed by atoms with Crippen LogP contribution < -0.4 is 5.32 Å². The van der Waals surface area contributed by atoms with E-state index >= 15 is 0 Å². The van der Waals surface area contributed by atoms with Crippen LogP contribution in [0.3, 0.4) is 0 Å². The molecule has 0 aliphatic carbocycles. The maximum Gasteiger partial charge on any atom is 0.317 e. The summed E-state index contributed by atoms with van der Waals surface area (Å²) in [4.78, 5) is 15.0. The number of nitrogens with zero attached hydrogens (tertiary/aromatic N) is 1. The fourth-order valence-electron chi connectivity index (χ4n) is 1.83. The van der Waals surface area contributed by atoms with Crippen LogP contribution in [-0.2, 0) is 13.1 Å². The quantitative estimate of drug-likeness (QED) is 0.905. The summed E-state index contributed by atoms with van der Waals surface area (Å²) in [5, 5.41) is 2.90. The average Bonchev–Trinajstić information content (AvgIpc) is 3.02. The third kappa shape index (κ3) is 3.77. The largest absolute Gasteiger partial charge is 0.469 e. The van der Waals surface area contributed by atoms with E-state index in [1.54, 1.807) is 11.2 Å². The Morgan fingerprint density at radius 1 is 1.45 bits per heavy atom. The lowest BCUT2D eigenvalue weighted by atomic mass is 10.2. The highest BCUT2D eigenvalue weighted by Gasteiger charge is 2.13. The molecule has 0 bridgehead atoms. The van der Waals surface area contributed by atoms with Crippen LogP contribution in [0.25, 0.3) is 0 Å². The summed E-state index contributed by atoms with van der Waals surface area (Å²) < 4.78 is 5.95. The molecule has 2 aromatic rings. The van der Waals surface area contributed by atoms with E-state index in [9.17, 15) is 4.79 Å². The summed E-state index contributed by atoms with van der Waals surface area (Å²) in [6.45, 7) is 5.53. The van der Waals surface area contributed by atoms with E-state index in [0.717, 1.165) is 20.5 Å². The van der Waals surface area contributed by atoms with Gasteiger partial charge in [-0.05, 0) is 32.0 Å². The number of carbonyl (C=O) groups excluding carboxylic acids is 1. The van der Waals surface area contributed by atoms with Crippen LogP contribution in [-0.4, -0.2) is 17.5 Å². The van der Waals surface area contributed by atoms with Gasteiger partial charge in [0, 0.05) is 23.5 Å². The van der Waals surface area contributed by atoms with Crippen LogP contribution in [0.4, 0.5) is 4.79 Å². The Morgan fingerprint density at radius 2 is 2.25 bits per heavy atom. The van der Waals surface area contributed by atoms with Crippen LogP contribution in [0.15, 0.2) is 28.9 Å². The molecule has 0 aliphatic rings. The van der Waals surface area contributed by atoms with Crippen molar-refractivity contribution in [3.63, 3.8) is 0 Å². The second kappa shape index (κ2) is 6.81. The van der Waals surface area contributed by atoms with E-state index in [0.29, 0.717) is 19.6 Å². The zero-order valence-corrected chi connectivity index (χ0v) is 13.1. The van der Waals surface area contributed by atoms with Gasteiger partial charge < -0.3 is 14.6 Å². The molecule has 0 aromatic carbocycles. The molecular weight excluding hydrogens is 296 g/mol. The molecule has 2 aromatic heterocycles. The number of amides is 2. The third-order valence-electron chi connectivity index (χ3n) is 3.04. The maximum atomic E-state index is 12.1. The Morgan fingerprint density at radius 3 is 2.80 bits per heavy atom. The van der Waals surface area contributed by atoms with Crippen molar-refractivity contribution in [1.82, 2.24) is 10.2 Å². The predicted octanol–water partition coefficient (Wildman–Crippen LogP) is 4.03. The molecule has 6 heteroatoms. The first-order valence-corrected chi connectivity index (χ1v) is 7.59. The first-order valence-electron chi connectivity index (χ1n) is 6.40. The van der Waals surface area contributed by atoms with Gasteiger partial charge in [0.05, 0.1) is 17.1 Å². The van der Waals surface area contributed by atoms with Gasteiger partial charge in [-0.2, -0.15) is 0 Å². The van der Waals surface area contributed by atoms with Crippen LogP contribution in [0.5, 0.6) is 0 Å². The Balaban J connectivity index is 1.90. The predicted molar refractivity (Wildman–Crippen MR) is 81.1 cm³/mol. The van der Waals surface area contributed by atoms with Gasteiger partial charge in [-0.1, -0.05) is 11.6 Å². The molecule has 0 aliphatic heterocycles. The lowest BCUT2D eigenvalue weighted by molar-refractivity contribution is 0.198. The zero-order chi connectivity index (χ0) is 14.5. The summed E-state index contributed by atoms with van der Waals surface area (Å²) in [5.74, 6) is 0.832. The monoisotopic (exact) mass is 312 g/mol. The standard InChI is InChI=1S/C14H17ClN2O2S/c1-3-17(9-12-4-5-13(15)20-12)14(18)16-8-11-6-7-19-10(11)2/h4-7H,3,8-9H2,1-2H3,(H,16,18). The van der Waals surface area contributed by atoms with Gasteiger partial charge in [0.2, 0.25) is 0 Å². The molecule has 0 atom stereocenters. The minimum absolute atomic E-state index is 0.0855. The molecule has 2 amide bonds. The van der Waals surface area contributed by atoms with Crippen molar-refractivity contribution in [2.45, 2.75) is 26.9 Å². The van der Waals surface area contributed by atoms with E-state index in [1.165, 1.54) is 11.3 Å². The van der Waals surface area contributed by atoms with Gasteiger partial charge in [-0.15, -0.1) is 11.3 Å². The number of furan rings is 1. The number of aryl methyl sites for hydroxylation is 1. The summed E-state index contributed by atoms with van der Waals surface area (Å²) in [5.41, 5.74) is 0.994. The number of halogens is 1. The Bertz CT molecular complexity index is 579. The fraction of sp³-hybridized carbons (Fsp3) is 0.357. The molecule has 0 saturated heterocycles. The van der Waals surface area contributed by atoms with Crippen molar-refractivity contribution >= 4 is 29.0 Å². The summed E-state index contributed by atoms with van der Waals surface area (Å²) >= 11 is 7.40. The highest BCUT2D eigenvalue weighted by molar-refractivity contribution is 7.16. The normalized spacial score (nSPS) is 10.6. The van der Waals surface area contributed by atoms with Crippen molar-refractivity contribution in [1.29, 1.82) is 0 Å². The molecule has 1 N–H and O–H groups in total. The molecule has 0 fully saturated rings. The van der Waals surface area contributed by atoms with Gasteiger partial charge >= 0.3 is 6.03 Å². The van der Waals surface area contributed by atoms with Gasteiger partial charge in [0.25, 0.3) is 0 Å². The van der Waals surface area contributed by atoms with E-state index in [1.807, 2.05) is 32.0 Å². The summed E-state index contributed by atoms with van der Waals surface area (Å²) in [6, 6.07) is 5.58. The highest BCUT2D eigenvalue weighted by atomic mass is 35.5. The van der Waals surface area contributed by atoms with Gasteiger partial charge in [0.15, 0.2) is 0 Å². The van der Waals surface area contributed by atoms with Gasteiger partial charge in [-0.3, -0.25) is 0 Å². The molecule has 108 valence electrons. The Kier molecular flexibility index (Phi) is 5.09. The minimum Gasteiger partial charge on any atom is -0.469 e. The minimum atomic E-state index is -0.0855. The number of rotatable bonds is 5. The lowest BCUT2D eigenvalue weighted by Crippen LogP contribution is -2.38. The van der Waals surface area contributed by atoms with Crippen molar-refractivity contribution in [2.24, 2.45) is 0 Å². The van der Waals surface area contributed by atoms with Crippen molar-refractivity contribution in [2.75, 3.05) is 6.54 Å². The fourth-order valence-corrected chi connectivity index (χ4v) is 2.93. The maximum absolute atomic E-state index is 12.1. The van der Waals surface area contributed by atoms with Crippen molar-refractivity contribution in [3.05, 3.63) is 45.0 Å². The van der Waals surface area contributed by atoms with E-state index < -0.39 is 0 Å². The second-order valence-corrected chi connectivity index (χ2v) is 6.18. The molecule has 20 heavy (non-hydrogen) atoms.